The van der Waals surface area contributed by atoms with Gasteiger partial charge in [0.25, 0.3) is 0 Å². The molecule has 0 unspecified atom stereocenters. The van der Waals surface area contributed by atoms with Gasteiger partial charge in [0.2, 0.25) is 5.91 Å². The standard InChI is InChI=1S/C20H17F2NO2/c1-12(20(24)23-19-17(21)4-3-5-18(19)22)13-6-7-15-11-16(25-2)9-8-14(15)10-13/h3-12H,1-2H3,(H,23,24)/t12-/m0/s1. The van der Waals surface area contributed by atoms with Crippen molar-refractivity contribution in [3.8, 4) is 5.75 Å². The summed E-state index contributed by atoms with van der Waals surface area (Å²) in [5, 5.41) is 4.27. The lowest BCUT2D eigenvalue weighted by atomic mass is 9.97. The lowest BCUT2D eigenvalue weighted by molar-refractivity contribution is -0.117. The Bertz CT molecular complexity index is 920. The first-order valence-corrected chi connectivity index (χ1v) is 7.82. The molecule has 3 nitrogen and oxygen atoms in total. The van der Waals surface area contributed by atoms with Gasteiger partial charge in [-0.05, 0) is 47.5 Å². The highest BCUT2D eigenvalue weighted by atomic mass is 19.1. The molecule has 25 heavy (non-hydrogen) atoms. The molecule has 3 rings (SSSR count). The minimum atomic E-state index is -0.800. The van der Waals surface area contributed by atoms with Gasteiger partial charge >= 0.3 is 0 Å². The number of carbonyl (C=O) groups excluding carboxylic acids is 1. The molecule has 0 aliphatic heterocycles. The zero-order valence-corrected chi connectivity index (χ0v) is 13.8. The summed E-state index contributed by atoms with van der Waals surface area (Å²) in [5.74, 6) is -1.89. The summed E-state index contributed by atoms with van der Waals surface area (Å²) < 4.78 is 32.6. The van der Waals surface area contributed by atoms with Crippen LogP contribution in [0.3, 0.4) is 0 Å². The van der Waals surface area contributed by atoms with Crippen molar-refractivity contribution in [2.24, 2.45) is 0 Å². The molecule has 3 aromatic rings. The first-order valence-electron chi connectivity index (χ1n) is 7.82. The number of nitrogens with one attached hydrogen (secondary N) is 1. The van der Waals surface area contributed by atoms with Gasteiger partial charge in [-0.25, -0.2) is 8.78 Å². The lowest BCUT2D eigenvalue weighted by Crippen LogP contribution is -2.20. The van der Waals surface area contributed by atoms with Crippen LogP contribution < -0.4 is 10.1 Å². The summed E-state index contributed by atoms with van der Waals surface area (Å²) in [7, 11) is 1.60. The van der Waals surface area contributed by atoms with E-state index in [9.17, 15) is 13.6 Å². The second-order valence-corrected chi connectivity index (χ2v) is 5.78. The number of amides is 1. The average molecular weight is 341 g/mol. The first-order chi connectivity index (χ1) is 12.0. The largest absolute Gasteiger partial charge is 0.497 e. The molecule has 3 aromatic carbocycles. The predicted octanol–water partition coefficient (Wildman–Crippen LogP) is 4.87. The van der Waals surface area contributed by atoms with Gasteiger partial charge in [-0.3, -0.25) is 4.79 Å². The number of anilines is 1. The van der Waals surface area contributed by atoms with Gasteiger partial charge < -0.3 is 10.1 Å². The molecule has 1 N–H and O–H groups in total. The Morgan fingerprint density at radius 2 is 1.64 bits per heavy atom. The normalized spacial score (nSPS) is 12.0. The monoisotopic (exact) mass is 341 g/mol. The van der Waals surface area contributed by atoms with Crippen LogP contribution in [0.15, 0.2) is 54.6 Å². The third-order valence-electron chi connectivity index (χ3n) is 4.18. The summed E-state index contributed by atoms with van der Waals surface area (Å²) in [4.78, 5) is 12.4. The zero-order valence-electron chi connectivity index (χ0n) is 13.8. The van der Waals surface area contributed by atoms with Gasteiger partial charge in [-0.1, -0.05) is 30.3 Å². The Hall–Kier alpha value is -2.95. The van der Waals surface area contributed by atoms with Crippen molar-refractivity contribution in [2.45, 2.75) is 12.8 Å². The molecule has 0 aliphatic carbocycles. The van der Waals surface area contributed by atoms with Gasteiger partial charge in [0.15, 0.2) is 0 Å². The van der Waals surface area contributed by atoms with Gasteiger partial charge in [0.1, 0.15) is 23.1 Å². The molecular formula is C20H17F2NO2. The lowest BCUT2D eigenvalue weighted by Gasteiger charge is -2.14. The van der Waals surface area contributed by atoms with Crippen molar-refractivity contribution >= 4 is 22.4 Å². The van der Waals surface area contributed by atoms with Gasteiger partial charge in [0, 0.05) is 0 Å². The average Bonchev–Trinajstić information content (AvgIpc) is 2.63. The molecule has 5 heteroatoms. The summed E-state index contributed by atoms with van der Waals surface area (Å²) in [6.07, 6.45) is 0. The highest BCUT2D eigenvalue weighted by molar-refractivity contribution is 5.96. The minimum absolute atomic E-state index is 0.426. The first kappa shape index (κ1) is 16.9. The van der Waals surface area contributed by atoms with E-state index in [2.05, 4.69) is 5.32 Å². The maximum absolute atomic E-state index is 13.7. The molecule has 0 spiro atoms. The fourth-order valence-electron chi connectivity index (χ4n) is 2.64. The smallest absolute Gasteiger partial charge is 0.231 e. The molecule has 0 fully saturated rings. The number of hydrogen-bond acceptors (Lipinski definition) is 2. The molecule has 0 radical (unpaired) electrons. The van der Waals surface area contributed by atoms with E-state index in [1.165, 1.54) is 6.07 Å². The van der Waals surface area contributed by atoms with Crippen LogP contribution in [0.1, 0.15) is 18.4 Å². The van der Waals surface area contributed by atoms with E-state index < -0.39 is 29.1 Å². The Morgan fingerprint density at radius 1 is 1.00 bits per heavy atom. The van der Waals surface area contributed by atoms with Crippen molar-refractivity contribution in [1.82, 2.24) is 0 Å². The van der Waals surface area contributed by atoms with Crippen LogP contribution in [0.2, 0.25) is 0 Å². The van der Waals surface area contributed by atoms with Gasteiger partial charge in [-0.2, -0.15) is 0 Å². The topological polar surface area (TPSA) is 38.3 Å². The molecule has 0 heterocycles. The van der Waals surface area contributed by atoms with Crippen molar-refractivity contribution in [3.05, 3.63) is 71.8 Å². The fourth-order valence-corrected chi connectivity index (χ4v) is 2.64. The number of rotatable bonds is 4. The van der Waals surface area contributed by atoms with Crippen LogP contribution in [-0.4, -0.2) is 13.0 Å². The molecule has 0 bridgehead atoms. The number of hydrogen-bond donors (Lipinski definition) is 1. The van der Waals surface area contributed by atoms with Crippen molar-refractivity contribution in [2.75, 3.05) is 12.4 Å². The van der Waals surface area contributed by atoms with E-state index in [0.717, 1.165) is 34.2 Å². The minimum Gasteiger partial charge on any atom is -0.497 e. The Kier molecular flexibility index (Phi) is 4.65. The molecule has 1 amide bonds. The summed E-state index contributed by atoms with van der Waals surface area (Å²) in [5.41, 5.74) is 0.330. The van der Waals surface area contributed by atoms with Crippen molar-refractivity contribution < 1.29 is 18.3 Å². The van der Waals surface area contributed by atoms with Crippen LogP contribution in [0, 0.1) is 11.6 Å². The van der Waals surface area contributed by atoms with Crippen LogP contribution in [-0.2, 0) is 4.79 Å². The highest BCUT2D eigenvalue weighted by Crippen LogP contribution is 2.26. The number of ether oxygens (including phenoxy) is 1. The molecule has 0 aliphatic rings. The zero-order chi connectivity index (χ0) is 18.0. The molecule has 128 valence electrons. The Labute approximate surface area is 144 Å². The number of methoxy groups -OCH3 is 1. The van der Waals surface area contributed by atoms with Crippen molar-refractivity contribution in [1.29, 1.82) is 0 Å². The third kappa shape index (κ3) is 3.45. The second-order valence-electron chi connectivity index (χ2n) is 5.78. The molecular weight excluding hydrogens is 324 g/mol. The Balaban J connectivity index is 1.85. The second kappa shape index (κ2) is 6.89. The van der Waals surface area contributed by atoms with Crippen LogP contribution >= 0.6 is 0 Å². The van der Waals surface area contributed by atoms with Gasteiger partial charge in [-0.15, -0.1) is 0 Å². The number of benzene rings is 3. The van der Waals surface area contributed by atoms with E-state index in [4.69, 9.17) is 4.74 Å². The maximum Gasteiger partial charge on any atom is 0.231 e. The van der Waals surface area contributed by atoms with Crippen LogP contribution in [0.4, 0.5) is 14.5 Å². The number of halogens is 2. The molecule has 0 saturated carbocycles. The van der Waals surface area contributed by atoms with E-state index in [1.807, 2.05) is 36.4 Å². The number of carbonyl (C=O) groups is 1. The molecule has 1 atom stereocenters. The van der Waals surface area contributed by atoms with Crippen LogP contribution in [0.5, 0.6) is 5.75 Å². The quantitative estimate of drug-likeness (QED) is 0.735. The third-order valence-corrected chi connectivity index (χ3v) is 4.18. The van der Waals surface area contributed by atoms with E-state index in [1.54, 1.807) is 14.0 Å². The van der Waals surface area contributed by atoms with E-state index in [-0.39, 0.29) is 0 Å². The SMILES string of the molecule is COc1ccc2cc([C@H](C)C(=O)Nc3c(F)cccc3F)ccc2c1. The van der Waals surface area contributed by atoms with Crippen molar-refractivity contribution in [3.63, 3.8) is 0 Å². The predicted molar refractivity (Wildman–Crippen MR) is 93.9 cm³/mol. The summed E-state index contributed by atoms with van der Waals surface area (Å²) in [6, 6.07) is 14.7. The van der Waals surface area contributed by atoms with Crippen LogP contribution in [0.25, 0.3) is 10.8 Å². The number of para-hydroxylation sites is 1. The highest BCUT2D eigenvalue weighted by Gasteiger charge is 2.19. The number of fused-ring (bicyclic) bond motifs is 1. The molecule has 0 saturated heterocycles. The van der Waals surface area contributed by atoms with E-state index >= 15 is 0 Å². The fraction of sp³-hybridized carbons (Fsp3) is 0.150. The van der Waals surface area contributed by atoms with E-state index in [0.29, 0.717) is 0 Å². The van der Waals surface area contributed by atoms with Gasteiger partial charge in [0.05, 0.1) is 13.0 Å². The molecule has 0 aromatic heterocycles. The Morgan fingerprint density at radius 3 is 2.32 bits per heavy atom. The summed E-state index contributed by atoms with van der Waals surface area (Å²) >= 11 is 0. The maximum atomic E-state index is 13.7. The summed E-state index contributed by atoms with van der Waals surface area (Å²) in [6.45, 7) is 1.69.